The lowest BCUT2D eigenvalue weighted by Gasteiger charge is -2.32. The van der Waals surface area contributed by atoms with Crippen LogP contribution in [0.2, 0.25) is 0 Å². The fraction of sp³-hybridized carbons (Fsp3) is 0.593. The van der Waals surface area contributed by atoms with Crippen LogP contribution in [0.25, 0.3) is 0 Å². The van der Waals surface area contributed by atoms with Crippen LogP contribution >= 0.6 is 0 Å². The summed E-state index contributed by atoms with van der Waals surface area (Å²) in [6, 6.07) is 9.59. The average Bonchev–Trinajstić information content (AvgIpc) is 2.75. The first kappa shape index (κ1) is 29.4. The van der Waals surface area contributed by atoms with Crippen LogP contribution < -0.4 is 0 Å². The Balaban J connectivity index is 3.26. The predicted molar refractivity (Wildman–Crippen MR) is 132 cm³/mol. The first-order chi connectivity index (χ1) is 16.0. The van der Waals surface area contributed by atoms with Crippen molar-refractivity contribution in [3.05, 3.63) is 48.6 Å². The second kappa shape index (κ2) is 14.6. The van der Waals surface area contributed by atoms with Crippen molar-refractivity contribution in [2.45, 2.75) is 59.5 Å². The lowest BCUT2D eigenvalue weighted by atomic mass is 9.82. The van der Waals surface area contributed by atoms with Gasteiger partial charge in [-0.05, 0) is 51.5 Å². The van der Waals surface area contributed by atoms with Crippen molar-refractivity contribution in [1.29, 1.82) is 0 Å². The predicted octanol–water partition coefficient (Wildman–Crippen LogP) is 5.04. The highest BCUT2D eigenvalue weighted by atomic mass is 16.6. The molecule has 0 saturated carbocycles. The van der Waals surface area contributed by atoms with E-state index >= 15 is 0 Å². The summed E-state index contributed by atoms with van der Waals surface area (Å²) < 4.78 is 15.9. The number of carbonyl (C=O) groups is 3. The van der Waals surface area contributed by atoms with E-state index in [0.717, 1.165) is 10.5 Å². The van der Waals surface area contributed by atoms with E-state index in [-0.39, 0.29) is 32.1 Å². The molecule has 0 N–H and O–H groups in total. The quantitative estimate of drug-likeness (QED) is 0.226. The molecule has 0 fully saturated rings. The summed E-state index contributed by atoms with van der Waals surface area (Å²) in [4.78, 5) is 41.0. The van der Waals surface area contributed by atoms with Crippen molar-refractivity contribution in [2.24, 2.45) is 17.8 Å². The molecule has 0 aromatic heterocycles. The second-order valence-corrected chi connectivity index (χ2v) is 9.73. The van der Waals surface area contributed by atoms with Crippen molar-refractivity contribution < 1.29 is 28.6 Å². The summed E-state index contributed by atoms with van der Waals surface area (Å²) in [5, 5.41) is 0. The molecule has 2 amide bonds. The van der Waals surface area contributed by atoms with Crippen LogP contribution in [-0.4, -0.2) is 55.3 Å². The van der Waals surface area contributed by atoms with Crippen molar-refractivity contribution in [1.82, 2.24) is 4.90 Å². The number of hydrogen-bond donors (Lipinski definition) is 0. The van der Waals surface area contributed by atoms with Gasteiger partial charge in [-0.1, -0.05) is 50.3 Å². The molecule has 0 spiro atoms. The van der Waals surface area contributed by atoms with Gasteiger partial charge >= 0.3 is 12.1 Å². The molecule has 0 bridgehead atoms. The number of methoxy groups -OCH3 is 1. The number of benzene rings is 1. The number of hydrogen-bond acceptors (Lipinski definition) is 6. The molecule has 0 heterocycles. The maximum atomic E-state index is 13.8. The van der Waals surface area contributed by atoms with Gasteiger partial charge in [0.05, 0.1) is 18.4 Å². The highest BCUT2D eigenvalue weighted by Crippen LogP contribution is 2.29. The molecule has 1 aromatic carbocycles. The molecule has 1 unspecified atom stereocenters. The van der Waals surface area contributed by atoms with Crippen molar-refractivity contribution >= 4 is 18.0 Å². The van der Waals surface area contributed by atoms with Crippen molar-refractivity contribution in [2.75, 3.05) is 26.9 Å². The number of rotatable bonds is 13. The van der Waals surface area contributed by atoms with Gasteiger partial charge < -0.3 is 14.2 Å². The standard InChI is InChI=1S/C27H41NO6/c1-8-12-22(25(30)34-27(4,5)6)23(19-20(2)3)24(29)28(26(31)33-18-17-32-7)16-15-21-13-10-9-11-14-21/h8-11,13-14,20,22-23H,1,12,15-19H2,2-7H3/t22-,23?/m0/s1. The Kier molecular flexibility index (Phi) is 12.6. The van der Waals surface area contributed by atoms with Gasteiger partial charge in [-0.25, -0.2) is 9.69 Å². The minimum absolute atomic E-state index is 0.0292. The van der Waals surface area contributed by atoms with E-state index in [9.17, 15) is 14.4 Å². The minimum atomic E-state index is -0.752. The Bertz CT molecular complexity index is 784. The third-order valence-corrected chi connectivity index (χ3v) is 5.12. The van der Waals surface area contributed by atoms with E-state index in [1.54, 1.807) is 26.8 Å². The highest BCUT2D eigenvalue weighted by molar-refractivity contribution is 5.95. The Morgan fingerprint density at radius 1 is 1.06 bits per heavy atom. The molecule has 1 rings (SSSR count). The smallest absolute Gasteiger partial charge is 0.416 e. The molecule has 1 aromatic rings. The Hall–Kier alpha value is -2.67. The maximum absolute atomic E-state index is 13.8. The van der Waals surface area contributed by atoms with E-state index in [2.05, 4.69) is 6.58 Å². The third-order valence-electron chi connectivity index (χ3n) is 5.12. The lowest BCUT2D eigenvalue weighted by Crippen LogP contribution is -2.47. The SMILES string of the molecule is C=CC[C@H](C(=O)OC(C)(C)C)C(CC(C)C)C(=O)N(CCc1ccccc1)C(=O)OCCOC. The van der Waals surface area contributed by atoms with Gasteiger partial charge in [0.25, 0.3) is 0 Å². The molecular formula is C27H41NO6. The molecule has 2 atom stereocenters. The summed E-state index contributed by atoms with van der Waals surface area (Å²) in [6.07, 6.45) is 2.03. The highest BCUT2D eigenvalue weighted by Gasteiger charge is 2.40. The molecule has 0 radical (unpaired) electrons. The van der Waals surface area contributed by atoms with E-state index < -0.39 is 35.4 Å². The van der Waals surface area contributed by atoms with Crippen LogP contribution in [-0.2, 0) is 30.2 Å². The van der Waals surface area contributed by atoms with Gasteiger partial charge in [-0.2, -0.15) is 0 Å². The van der Waals surface area contributed by atoms with Crippen LogP contribution in [0.4, 0.5) is 4.79 Å². The zero-order valence-electron chi connectivity index (χ0n) is 21.5. The van der Waals surface area contributed by atoms with Gasteiger partial charge in [-0.3, -0.25) is 9.59 Å². The van der Waals surface area contributed by atoms with Gasteiger partial charge in [0.2, 0.25) is 5.91 Å². The van der Waals surface area contributed by atoms with Crippen LogP contribution in [0.3, 0.4) is 0 Å². The topological polar surface area (TPSA) is 82.1 Å². The van der Waals surface area contributed by atoms with E-state index in [1.807, 2.05) is 44.2 Å². The molecular weight excluding hydrogens is 434 g/mol. The van der Waals surface area contributed by atoms with Crippen LogP contribution in [0, 0.1) is 17.8 Å². The fourth-order valence-corrected chi connectivity index (χ4v) is 3.59. The molecule has 0 aliphatic carbocycles. The van der Waals surface area contributed by atoms with Crippen molar-refractivity contribution in [3.8, 4) is 0 Å². The number of esters is 1. The summed E-state index contributed by atoms with van der Waals surface area (Å²) >= 11 is 0. The molecule has 34 heavy (non-hydrogen) atoms. The first-order valence-corrected chi connectivity index (χ1v) is 11.8. The summed E-state index contributed by atoms with van der Waals surface area (Å²) in [6.45, 7) is 13.5. The number of allylic oxidation sites excluding steroid dienone is 1. The maximum Gasteiger partial charge on any atom is 0.416 e. The Labute approximate surface area is 204 Å². The summed E-state index contributed by atoms with van der Waals surface area (Å²) in [7, 11) is 1.51. The van der Waals surface area contributed by atoms with Crippen molar-refractivity contribution in [3.63, 3.8) is 0 Å². The molecule has 0 aliphatic heterocycles. The first-order valence-electron chi connectivity index (χ1n) is 11.8. The number of nitrogens with zero attached hydrogens (tertiary/aromatic N) is 1. The van der Waals surface area contributed by atoms with Gasteiger partial charge in [0.15, 0.2) is 0 Å². The number of ether oxygens (including phenoxy) is 3. The van der Waals surface area contributed by atoms with E-state index in [1.165, 1.54) is 7.11 Å². The molecule has 0 saturated heterocycles. The second-order valence-electron chi connectivity index (χ2n) is 9.73. The number of carbonyl (C=O) groups excluding carboxylic acids is 3. The number of imide groups is 1. The van der Waals surface area contributed by atoms with Crippen LogP contribution in [0.1, 0.15) is 53.0 Å². The zero-order chi connectivity index (χ0) is 25.7. The molecule has 190 valence electrons. The van der Waals surface area contributed by atoms with Crippen LogP contribution in [0.15, 0.2) is 43.0 Å². The van der Waals surface area contributed by atoms with Gasteiger partial charge in [0.1, 0.15) is 12.2 Å². The Morgan fingerprint density at radius 2 is 1.71 bits per heavy atom. The van der Waals surface area contributed by atoms with E-state index in [0.29, 0.717) is 12.8 Å². The minimum Gasteiger partial charge on any atom is -0.460 e. The summed E-state index contributed by atoms with van der Waals surface area (Å²) in [5.41, 5.74) is 0.286. The van der Waals surface area contributed by atoms with E-state index in [4.69, 9.17) is 14.2 Å². The molecule has 7 heteroatoms. The molecule has 0 aliphatic rings. The average molecular weight is 476 g/mol. The normalized spacial score (nSPS) is 13.1. The number of amides is 2. The van der Waals surface area contributed by atoms with Crippen LogP contribution in [0.5, 0.6) is 0 Å². The monoisotopic (exact) mass is 475 g/mol. The molecule has 7 nitrogen and oxygen atoms in total. The zero-order valence-corrected chi connectivity index (χ0v) is 21.5. The lowest BCUT2D eigenvalue weighted by molar-refractivity contribution is -0.165. The fourth-order valence-electron chi connectivity index (χ4n) is 3.59. The van der Waals surface area contributed by atoms with Gasteiger partial charge in [-0.15, -0.1) is 6.58 Å². The third kappa shape index (κ3) is 10.5. The Morgan fingerprint density at radius 3 is 2.24 bits per heavy atom. The summed E-state index contributed by atoms with van der Waals surface area (Å²) in [5.74, 6) is -2.30. The van der Waals surface area contributed by atoms with Gasteiger partial charge in [0, 0.05) is 13.7 Å². The largest absolute Gasteiger partial charge is 0.460 e.